The smallest absolute Gasteiger partial charge is 0.282 e. The lowest BCUT2D eigenvalue weighted by molar-refractivity contribution is -0.121. The molecule has 1 aliphatic rings. The summed E-state index contributed by atoms with van der Waals surface area (Å²) in [5, 5.41) is -0.861. The Hall–Kier alpha value is 0.250. The average Bonchev–Trinajstić information content (AvgIpc) is 2.45. The van der Waals surface area contributed by atoms with Gasteiger partial charge in [0.05, 0.1) is 4.58 Å². The lowest BCUT2D eigenvalue weighted by atomic mass is 10.3. The standard InChI is InChI=1S/C10H13F3OS3/c1-2-7(10(11,12)13)9(14)17-8-6-15-4-3-5-16-8/h2,8H,3-6H2,1H3/b7-2+. The van der Waals surface area contributed by atoms with E-state index in [9.17, 15) is 18.0 Å². The number of carbonyl (C=O) groups excluding carboxylic acids is 1. The van der Waals surface area contributed by atoms with Crippen LogP contribution in [-0.4, -0.2) is 33.1 Å². The van der Waals surface area contributed by atoms with Crippen molar-refractivity contribution in [2.24, 2.45) is 0 Å². The van der Waals surface area contributed by atoms with Gasteiger partial charge in [-0.25, -0.2) is 0 Å². The summed E-state index contributed by atoms with van der Waals surface area (Å²) in [5.41, 5.74) is -1.04. The van der Waals surface area contributed by atoms with Gasteiger partial charge in [0.1, 0.15) is 5.57 Å². The summed E-state index contributed by atoms with van der Waals surface area (Å²) in [7, 11) is 0. The monoisotopic (exact) mass is 302 g/mol. The van der Waals surface area contributed by atoms with Crippen molar-refractivity contribution >= 4 is 40.4 Å². The Morgan fingerprint density at radius 1 is 1.41 bits per heavy atom. The molecule has 0 amide bonds. The van der Waals surface area contributed by atoms with Crippen LogP contribution in [0.2, 0.25) is 0 Å². The Bertz CT molecular complexity index is 294. The van der Waals surface area contributed by atoms with Gasteiger partial charge in [-0.2, -0.15) is 24.9 Å². The lowest BCUT2D eigenvalue weighted by Gasteiger charge is -2.14. The third-order valence-electron chi connectivity index (χ3n) is 2.04. The van der Waals surface area contributed by atoms with Crippen molar-refractivity contribution in [1.82, 2.24) is 0 Å². The first-order valence-corrected chi connectivity index (χ1v) is 8.17. The predicted molar refractivity (Wildman–Crippen MR) is 70.6 cm³/mol. The van der Waals surface area contributed by atoms with E-state index in [0.29, 0.717) is 0 Å². The van der Waals surface area contributed by atoms with Crippen LogP contribution < -0.4 is 0 Å². The van der Waals surface area contributed by atoms with Crippen LogP contribution in [0.15, 0.2) is 11.6 Å². The number of thioether (sulfide) groups is 3. The number of carbonyl (C=O) groups is 1. The van der Waals surface area contributed by atoms with Crippen molar-refractivity contribution in [3.8, 4) is 0 Å². The van der Waals surface area contributed by atoms with Gasteiger partial charge in [-0.05, 0) is 24.9 Å². The first-order valence-electron chi connectivity index (χ1n) is 5.09. The van der Waals surface area contributed by atoms with Crippen LogP contribution in [0.25, 0.3) is 0 Å². The first-order chi connectivity index (χ1) is 7.95. The Balaban J connectivity index is 2.58. The summed E-state index contributed by atoms with van der Waals surface area (Å²) in [6.45, 7) is 1.25. The maximum Gasteiger partial charge on any atom is 0.420 e. The average molecular weight is 302 g/mol. The molecule has 1 fully saturated rings. The molecule has 1 aliphatic heterocycles. The zero-order chi connectivity index (χ0) is 12.9. The zero-order valence-electron chi connectivity index (χ0n) is 9.25. The highest BCUT2D eigenvalue weighted by molar-refractivity contribution is 8.25. The molecule has 1 atom stereocenters. The van der Waals surface area contributed by atoms with Crippen LogP contribution in [-0.2, 0) is 4.79 Å². The molecule has 1 heterocycles. The molecule has 0 N–H and O–H groups in total. The van der Waals surface area contributed by atoms with E-state index < -0.39 is 16.9 Å². The predicted octanol–water partition coefficient (Wildman–Crippen LogP) is 3.95. The normalized spacial score (nSPS) is 23.3. The molecule has 0 bridgehead atoms. The van der Waals surface area contributed by atoms with Gasteiger partial charge in [0.15, 0.2) is 0 Å². The molecule has 0 aromatic rings. The molecule has 98 valence electrons. The number of hydrogen-bond donors (Lipinski definition) is 0. The molecular formula is C10H13F3OS3. The van der Waals surface area contributed by atoms with Gasteiger partial charge in [0.2, 0.25) is 5.12 Å². The fraction of sp³-hybridized carbons (Fsp3) is 0.700. The van der Waals surface area contributed by atoms with Crippen LogP contribution in [0.4, 0.5) is 13.2 Å². The van der Waals surface area contributed by atoms with E-state index in [0.717, 1.165) is 41.5 Å². The molecule has 7 heteroatoms. The second-order valence-electron chi connectivity index (χ2n) is 3.33. The van der Waals surface area contributed by atoms with Crippen LogP contribution in [0, 0.1) is 0 Å². The molecule has 17 heavy (non-hydrogen) atoms. The number of alkyl halides is 3. The van der Waals surface area contributed by atoms with Crippen molar-refractivity contribution in [2.75, 3.05) is 17.3 Å². The summed E-state index contributed by atoms with van der Waals surface area (Å²) in [4.78, 5) is 11.6. The number of rotatable bonds is 2. The van der Waals surface area contributed by atoms with Gasteiger partial charge in [-0.3, -0.25) is 4.79 Å². The first kappa shape index (κ1) is 15.3. The van der Waals surface area contributed by atoms with Gasteiger partial charge in [0, 0.05) is 5.75 Å². The van der Waals surface area contributed by atoms with E-state index in [1.165, 1.54) is 6.92 Å². The highest BCUT2D eigenvalue weighted by Gasteiger charge is 2.38. The van der Waals surface area contributed by atoms with E-state index in [1.54, 1.807) is 23.5 Å². The van der Waals surface area contributed by atoms with Gasteiger partial charge in [-0.1, -0.05) is 17.8 Å². The lowest BCUT2D eigenvalue weighted by Crippen LogP contribution is -2.19. The topological polar surface area (TPSA) is 17.1 Å². The summed E-state index contributed by atoms with van der Waals surface area (Å²) in [5.74, 6) is 2.67. The Morgan fingerprint density at radius 3 is 2.71 bits per heavy atom. The van der Waals surface area contributed by atoms with E-state index in [2.05, 4.69) is 0 Å². The van der Waals surface area contributed by atoms with Crippen molar-refractivity contribution in [1.29, 1.82) is 0 Å². The largest absolute Gasteiger partial charge is 0.420 e. The van der Waals surface area contributed by atoms with Gasteiger partial charge in [0.25, 0.3) is 0 Å². The minimum Gasteiger partial charge on any atom is -0.282 e. The highest BCUT2D eigenvalue weighted by atomic mass is 32.2. The van der Waals surface area contributed by atoms with Crippen LogP contribution >= 0.6 is 35.3 Å². The third kappa shape index (κ3) is 5.18. The van der Waals surface area contributed by atoms with E-state index in [-0.39, 0.29) is 4.58 Å². The maximum atomic E-state index is 12.5. The number of halogens is 3. The van der Waals surface area contributed by atoms with Crippen LogP contribution in [0.5, 0.6) is 0 Å². The quantitative estimate of drug-likeness (QED) is 0.718. The molecular weight excluding hydrogens is 289 g/mol. The molecule has 1 unspecified atom stereocenters. The van der Waals surface area contributed by atoms with E-state index >= 15 is 0 Å². The van der Waals surface area contributed by atoms with Crippen molar-refractivity contribution in [3.63, 3.8) is 0 Å². The Morgan fingerprint density at radius 2 is 2.12 bits per heavy atom. The van der Waals surface area contributed by atoms with Gasteiger partial charge < -0.3 is 0 Å². The molecule has 1 saturated heterocycles. The van der Waals surface area contributed by atoms with Crippen molar-refractivity contribution < 1.29 is 18.0 Å². The highest BCUT2D eigenvalue weighted by Crippen LogP contribution is 2.36. The summed E-state index contributed by atoms with van der Waals surface area (Å²) >= 11 is 4.08. The Labute approximate surface area is 111 Å². The van der Waals surface area contributed by atoms with E-state index in [4.69, 9.17) is 0 Å². The summed E-state index contributed by atoms with van der Waals surface area (Å²) in [6, 6.07) is 0. The van der Waals surface area contributed by atoms with Crippen molar-refractivity contribution in [3.05, 3.63) is 11.6 Å². The molecule has 0 aromatic carbocycles. The fourth-order valence-corrected chi connectivity index (χ4v) is 5.37. The molecule has 0 aromatic heterocycles. The molecule has 0 saturated carbocycles. The fourth-order valence-electron chi connectivity index (χ4n) is 1.25. The van der Waals surface area contributed by atoms with Gasteiger partial charge in [-0.15, -0.1) is 11.8 Å². The molecule has 0 spiro atoms. The molecule has 0 aliphatic carbocycles. The second-order valence-corrected chi connectivity index (χ2v) is 7.27. The Kier molecular flexibility index (Phi) is 6.30. The SMILES string of the molecule is C/C=C(\C(=O)SC1CSCCCS1)C(F)(F)F. The maximum absolute atomic E-state index is 12.5. The minimum absolute atomic E-state index is 0.0627. The number of hydrogen-bond acceptors (Lipinski definition) is 4. The molecule has 1 nitrogen and oxygen atoms in total. The minimum atomic E-state index is -4.54. The summed E-state index contributed by atoms with van der Waals surface area (Å²) in [6.07, 6.45) is -2.64. The van der Waals surface area contributed by atoms with Crippen LogP contribution in [0.1, 0.15) is 13.3 Å². The van der Waals surface area contributed by atoms with Crippen molar-refractivity contribution in [2.45, 2.75) is 24.1 Å². The third-order valence-corrected chi connectivity index (χ3v) is 6.23. The molecule has 1 rings (SSSR count). The summed E-state index contributed by atoms with van der Waals surface area (Å²) < 4.78 is 37.4. The second kappa shape index (κ2) is 6.99. The van der Waals surface area contributed by atoms with Gasteiger partial charge >= 0.3 is 6.18 Å². The molecule has 0 radical (unpaired) electrons. The zero-order valence-corrected chi connectivity index (χ0v) is 11.7. The van der Waals surface area contributed by atoms with Crippen LogP contribution in [0.3, 0.4) is 0 Å². The number of allylic oxidation sites excluding steroid dienone is 1. The van der Waals surface area contributed by atoms with E-state index in [1.807, 2.05) is 0 Å².